The first-order valence-electron chi connectivity index (χ1n) is 4.19. The predicted molar refractivity (Wildman–Crippen MR) is 62.9 cm³/mol. The van der Waals surface area contributed by atoms with Crippen LogP contribution in [0.15, 0.2) is 27.6 Å². The van der Waals surface area contributed by atoms with E-state index in [2.05, 4.69) is 20.7 Å². The van der Waals surface area contributed by atoms with Gasteiger partial charge in [-0.05, 0) is 24.5 Å². The van der Waals surface area contributed by atoms with E-state index in [0.717, 1.165) is 9.37 Å². The maximum atomic E-state index is 11.2. The van der Waals surface area contributed by atoms with E-state index < -0.39 is 12.1 Å². The van der Waals surface area contributed by atoms with E-state index in [1.807, 2.05) is 18.4 Å². The summed E-state index contributed by atoms with van der Waals surface area (Å²) < 4.78 is 5.31. The van der Waals surface area contributed by atoms with Crippen LogP contribution in [0.2, 0.25) is 0 Å². The molecule has 0 aliphatic heterocycles. The van der Waals surface area contributed by atoms with Crippen LogP contribution >= 0.6 is 27.7 Å². The summed E-state index contributed by atoms with van der Waals surface area (Å²) in [5.74, 6) is -0.650. The van der Waals surface area contributed by atoms with Gasteiger partial charge in [0.25, 0.3) is 0 Å². The molecule has 1 atom stereocenters. The van der Waals surface area contributed by atoms with Crippen LogP contribution in [0.4, 0.5) is 0 Å². The normalized spacial score (nSPS) is 12.3. The van der Waals surface area contributed by atoms with Crippen LogP contribution < -0.4 is 0 Å². The zero-order chi connectivity index (χ0) is 11.4. The summed E-state index contributed by atoms with van der Waals surface area (Å²) in [6, 6.07) is 5.42. The number of thioether (sulfide) groups is 1. The van der Waals surface area contributed by atoms with Crippen molar-refractivity contribution in [1.82, 2.24) is 0 Å². The van der Waals surface area contributed by atoms with Gasteiger partial charge in [0.2, 0.25) is 0 Å². The molecular weight excluding hydrogens is 280 g/mol. The second-order valence-electron chi connectivity index (χ2n) is 2.81. The van der Waals surface area contributed by atoms with Gasteiger partial charge < -0.3 is 9.84 Å². The maximum absolute atomic E-state index is 11.2. The predicted octanol–water partition coefficient (Wildman–Crippen LogP) is 2.38. The summed E-state index contributed by atoms with van der Waals surface area (Å²) in [6.45, 7) is 0. The molecule has 5 heteroatoms. The van der Waals surface area contributed by atoms with Gasteiger partial charge in [0.1, 0.15) is 0 Å². The Bertz CT molecular complexity index is 368. The van der Waals surface area contributed by atoms with Crippen molar-refractivity contribution in [3.8, 4) is 0 Å². The SMILES string of the molecule is COC(=O)C(O)c1cc(Br)ccc1SC. The Balaban J connectivity index is 3.10. The van der Waals surface area contributed by atoms with Crippen molar-refractivity contribution in [2.24, 2.45) is 0 Å². The standard InChI is InChI=1S/C10H11BrO3S/c1-14-10(13)9(12)7-5-6(11)3-4-8(7)15-2/h3-5,9,12H,1-2H3. The minimum Gasteiger partial charge on any atom is -0.467 e. The van der Waals surface area contributed by atoms with Gasteiger partial charge in [0, 0.05) is 14.9 Å². The van der Waals surface area contributed by atoms with Crippen LogP contribution in [0.1, 0.15) is 11.7 Å². The molecule has 0 amide bonds. The van der Waals surface area contributed by atoms with Gasteiger partial charge in [0.15, 0.2) is 6.10 Å². The van der Waals surface area contributed by atoms with E-state index in [9.17, 15) is 9.90 Å². The molecule has 0 aromatic heterocycles. The lowest BCUT2D eigenvalue weighted by molar-refractivity contribution is -0.150. The van der Waals surface area contributed by atoms with Crippen molar-refractivity contribution >= 4 is 33.7 Å². The number of carbonyl (C=O) groups excluding carboxylic acids is 1. The fourth-order valence-corrected chi connectivity index (χ4v) is 2.15. The summed E-state index contributed by atoms with van der Waals surface area (Å²) in [4.78, 5) is 12.1. The summed E-state index contributed by atoms with van der Waals surface area (Å²) >= 11 is 4.76. The zero-order valence-corrected chi connectivity index (χ0v) is 10.8. The van der Waals surface area contributed by atoms with Crippen LogP contribution in [0.25, 0.3) is 0 Å². The highest BCUT2D eigenvalue weighted by atomic mass is 79.9. The van der Waals surface area contributed by atoms with Gasteiger partial charge in [-0.3, -0.25) is 0 Å². The van der Waals surface area contributed by atoms with E-state index in [0.29, 0.717) is 5.56 Å². The molecule has 1 rings (SSSR count). The molecule has 15 heavy (non-hydrogen) atoms. The van der Waals surface area contributed by atoms with E-state index in [1.54, 1.807) is 6.07 Å². The number of carbonyl (C=O) groups is 1. The van der Waals surface area contributed by atoms with Crippen LogP contribution in [0, 0.1) is 0 Å². The third-order valence-corrected chi connectivity index (χ3v) is 3.22. The van der Waals surface area contributed by atoms with Crippen molar-refractivity contribution in [1.29, 1.82) is 0 Å². The topological polar surface area (TPSA) is 46.5 Å². The number of benzene rings is 1. The first-order valence-corrected chi connectivity index (χ1v) is 6.21. The number of esters is 1. The molecule has 82 valence electrons. The highest BCUT2D eigenvalue weighted by molar-refractivity contribution is 9.10. The Hall–Kier alpha value is -0.520. The van der Waals surface area contributed by atoms with Crippen LogP contribution in [-0.2, 0) is 9.53 Å². The summed E-state index contributed by atoms with van der Waals surface area (Å²) in [5, 5.41) is 9.72. The molecule has 1 N–H and O–H groups in total. The molecule has 0 saturated heterocycles. The quantitative estimate of drug-likeness (QED) is 0.686. The van der Waals surface area contributed by atoms with Crippen LogP contribution in [-0.4, -0.2) is 24.4 Å². The van der Waals surface area contributed by atoms with Crippen molar-refractivity contribution in [3.63, 3.8) is 0 Å². The molecular formula is C10H11BrO3S. The minimum atomic E-state index is -1.23. The Morgan fingerprint density at radius 2 is 2.27 bits per heavy atom. The first kappa shape index (κ1) is 12.5. The lowest BCUT2D eigenvalue weighted by Gasteiger charge is -2.12. The van der Waals surface area contributed by atoms with Gasteiger partial charge >= 0.3 is 5.97 Å². The monoisotopic (exact) mass is 290 g/mol. The molecule has 1 unspecified atom stereocenters. The molecule has 0 bridgehead atoms. The fourth-order valence-electron chi connectivity index (χ4n) is 1.16. The smallest absolute Gasteiger partial charge is 0.339 e. The Morgan fingerprint density at radius 3 is 2.80 bits per heavy atom. The third kappa shape index (κ3) is 2.96. The molecule has 0 aliphatic carbocycles. The summed E-state index contributed by atoms with van der Waals surface area (Å²) in [6.07, 6.45) is 0.659. The van der Waals surface area contributed by atoms with Gasteiger partial charge in [-0.25, -0.2) is 4.79 Å². The Morgan fingerprint density at radius 1 is 1.60 bits per heavy atom. The van der Waals surface area contributed by atoms with E-state index in [-0.39, 0.29) is 0 Å². The minimum absolute atomic E-state index is 0.559. The fraction of sp³-hybridized carbons (Fsp3) is 0.300. The molecule has 0 fully saturated rings. The van der Waals surface area contributed by atoms with Crippen LogP contribution in [0.3, 0.4) is 0 Å². The Labute approximate surface area is 101 Å². The summed E-state index contributed by atoms with van der Waals surface area (Å²) in [5.41, 5.74) is 0.559. The highest BCUT2D eigenvalue weighted by Crippen LogP contribution is 2.29. The number of methoxy groups -OCH3 is 1. The lowest BCUT2D eigenvalue weighted by atomic mass is 10.1. The second-order valence-corrected chi connectivity index (χ2v) is 4.58. The van der Waals surface area contributed by atoms with Crippen molar-refractivity contribution < 1.29 is 14.6 Å². The third-order valence-electron chi connectivity index (χ3n) is 1.91. The van der Waals surface area contributed by atoms with E-state index >= 15 is 0 Å². The number of rotatable bonds is 3. The Kier molecular flexibility index (Phi) is 4.63. The lowest BCUT2D eigenvalue weighted by Crippen LogP contribution is -2.14. The maximum Gasteiger partial charge on any atom is 0.339 e. The number of aliphatic hydroxyl groups excluding tert-OH is 1. The molecule has 0 spiro atoms. The summed E-state index contributed by atoms with van der Waals surface area (Å²) in [7, 11) is 1.25. The van der Waals surface area contributed by atoms with Crippen molar-refractivity contribution in [2.75, 3.05) is 13.4 Å². The molecule has 0 heterocycles. The largest absolute Gasteiger partial charge is 0.467 e. The first-order chi connectivity index (χ1) is 7.10. The zero-order valence-electron chi connectivity index (χ0n) is 8.36. The van der Waals surface area contributed by atoms with Crippen LogP contribution in [0.5, 0.6) is 0 Å². The molecule has 3 nitrogen and oxygen atoms in total. The van der Waals surface area contributed by atoms with E-state index in [1.165, 1.54) is 18.9 Å². The number of ether oxygens (including phenoxy) is 1. The molecule has 0 aliphatic rings. The van der Waals surface area contributed by atoms with Gasteiger partial charge in [-0.2, -0.15) is 0 Å². The average molecular weight is 291 g/mol. The number of aliphatic hydroxyl groups is 1. The number of halogens is 1. The van der Waals surface area contributed by atoms with Gasteiger partial charge in [-0.1, -0.05) is 15.9 Å². The van der Waals surface area contributed by atoms with Gasteiger partial charge in [-0.15, -0.1) is 11.8 Å². The molecule has 1 aromatic carbocycles. The average Bonchev–Trinajstić information content (AvgIpc) is 2.27. The molecule has 1 aromatic rings. The van der Waals surface area contributed by atoms with Crippen molar-refractivity contribution in [3.05, 3.63) is 28.2 Å². The molecule has 0 radical (unpaired) electrons. The van der Waals surface area contributed by atoms with E-state index in [4.69, 9.17) is 0 Å². The van der Waals surface area contributed by atoms with Crippen molar-refractivity contribution in [2.45, 2.75) is 11.0 Å². The number of hydrogen-bond donors (Lipinski definition) is 1. The highest BCUT2D eigenvalue weighted by Gasteiger charge is 2.21. The molecule has 0 saturated carbocycles. The second kappa shape index (κ2) is 5.53. The van der Waals surface area contributed by atoms with Gasteiger partial charge in [0.05, 0.1) is 7.11 Å². The number of hydrogen-bond acceptors (Lipinski definition) is 4.